The molecular formula is C16H17N5O2. The van der Waals surface area contributed by atoms with Crippen LogP contribution in [0, 0.1) is 0 Å². The van der Waals surface area contributed by atoms with Crippen LogP contribution < -0.4 is 5.73 Å². The minimum absolute atomic E-state index is 0.0336. The van der Waals surface area contributed by atoms with Crippen molar-refractivity contribution < 1.29 is 9.90 Å². The molecule has 0 saturated heterocycles. The number of hydrogen-bond acceptors (Lipinski definition) is 4. The maximum absolute atomic E-state index is 11.1. The zero-order valence-electron chi connectivity index (χ0n) is 12.5. The molecule has 1 aliphatic carbocycles. The van der Waals surface area contributed by atoms with Crippen LogP contribution in [-0.2, 0) is 13.2 Å². The van der Waals surface area contributed by atoms with Crippen molar-refractivity contribution in [3.63, 3.8) is 0 Å². The van der Waals surface area contributed by atoms with Gasteiger partial charge >= 0.3 is 0 Å². The summed E-state index contributed by atoms with van der Waals surface area (Å²) in [5.74, 6) is 0.114. The lowest BCUT2D eigenvalue weighted by Crippen LogP contribution is -2.09. The Morgan fingerprint density at radius 1 is 1.35 bits per heavy atom. The highest BCUT2D eigenvalue weighted by molar-refractivity contribution is 5.92. The molecule has 1 amide bonds. The Kier molecular flexibility index (Phi) is 3.16. The lowest BCUT2D eigenvalue weighted by Gasteiger charge is -2.04. The van der Waals surface area contributed by atoms with Crippen LogP contribution in [0.4, 0.5) is 0 Å². The molecule has 3 heterocycles. The van der Waals surface area contributed by atoms with Gasteiger partial charge in [-0.15, -0.1) is 0 Å². The molecule has 0 atom stereocenters. The summed E-state index contributed by atoms with van der Waals surface area (Å²) in [6.45, 7) is 0.409. The predicted octanol–water partition coefficient (Wildman–Crippen LogP) is 1.05. The topological polar surface area (TPSA) is 98.4 Å². The monoisotopic (exact) mass is 311 g/mol. The zero-order chi connectivity index (χ0) is 16.0. The molecule has 7 heteroatoms. The van der Waals surface area contributed by atoms with Gasteiger partial charge < -0.3 is 15.2 Å². The number of imidazole rings is 1. The van der Waals surface area contributed by atoms with Gasteiger partial charge in [-0.2, -0.15) is 5.10 Å². The highest BCUT2D eigenvalue weighted by Gasteiger charge is 2.25. The number of nitrogens with two attached hydrogens (primary N) is 1. The first-order valence-corrected chi connectivity index (χ1v) is 7.57. The molecule has 0 aromatic carbocycles. The fourth-order valence-electron chi connectivity index (χ4n) is 2.82. The normalized spacial score (nSPS) is 14.5. The average Bonchev–Trinajstić information content (AvgIpc) is 3.14. The van der Waals surface area contributed by atoms with E-state index in [1.165, 1.54) is 24.6 Å². The van der Waals surface area contributed by atoms with E-state index in [0.29, 0.717) is 18.0 Å². The summed E-state index contributed by atoms with van der Waals surface area (Å²) in [5, 5.41) is 13.7. The van der Waals surface area contributed by atoms with Crippen molar-refractivity contribution in [1.82, 2.24) is 19.2 Å². The van der Waals surface area contributed by atoms with Crippen molar-refractivity contribution in [2.45, 2.75) is 31.9 Å². The molecule has 1 saturated carbocycles. The minimum Gasteiger partial charge on any atom is -0.392 e. The summed E-state index contributed by atoms with van der Waals surface area (Å²) in [5.41, 5.74) is 9.26. The summed E-state index contributed by atoms with van der Waals surface area (Å²) < 4.78 is 3.59. The zero-order valence-corrected chi connectivity index (χ0v) is 12.5. The number of aliphatic hydroxyl groups is 1. The van der Waals surface area contributed by atoms with Crippen LogP contribution in [0.5, 0.6) is 0 Å². The largest absolute Gasteiger partial charge is 0.392 e. The van der Waals surface area contributed by atoms with E-state index >= 15 is 0 Å². The smallest absolute Gasteiger partial charge is 0.251 e. The second kappa shape index (κ2) is 5.20. The van der Waals surface area contributed by atoms with Gasteiger partial charge in [-0.25, -0.2) is 4.98 Å². The molecule has 0 bridgehead atoms. The van der Waals surface area contributed by atoms with Gasteiger partial charge in [0.05, 0.1) is 30.6 Å². The third-order valence-electron chi connectivity index (χ3n) is 4.16. The number of carbonyl (C=O) groups excluding carboxylic acids is 1. The maximum Gasteiger partial charge on any atom is 0.251 e. The molecule has 1 fully saturated rings. The number of hydrogen-bond donors (Lipinski definition) is 2. The average molecular weight is 311 g/mol. The molecule has 0 radical (unpaired) electrons. The number of primary amides is 1. The van der Waals surface area contributed by atoms with Crippen molar-refractivity contribution in [3.8, 4) is 0 Å². The van der Waals surface area contributed by atoms with Crippen molar-refractivity contribution in [2.24, 2.45) is 5.73 Å². The van der Waals surface area contributed by atoms with Crippen LogP contribution in [0.1, 0.15) is 45.9 Å². The first kappa shape index (κ1) is 14.0. The lowest BCUT2D eigenvalue weighted by molar-refractivity contribution is 0.1000. The van der Waals surface area contributed by atoms with E-state index in [-0.39, 0.29) is 6.61 Å². The van der Waals surface area contributed by atoms with E-state index in [1.54, 1.807) is 10.9 Å². The number of aliphatic hydroxyl groups excluding tert-OH is 1. The molecule has 1 aliphatic rings. The Balaban J connectivity index is 1.68. The third-order valence-corrected chi connectivity index (χ3v) is 4.16. The second-order valence-corrected chi connectivity index (χ2v) is 5.99. The van der Waals surface area contributed by atoms with Crippen LogP contribution in [0.15, 0.2) is 30.9 Å². The van der Waals surface area contributed by atoms with Crippen LogP contribution >= 0.6 is 0 Å². The number of carbonyl (C=O) groups is 1. The summed E-state index contributed by atoms with van der Waals surface area (Å²) >= 11 is 0. The molecular weight excluding hydrogens is 294 g/mol. The van der Waals surface area contributed by atoms with Gasteiger partial charge in [0.25, 0.3) is 5.91 Å². The highest BCUT2D eigenvalue weighted by Crippen LogP contribution is 2.40. The Hall–Kier alpha value is -2.67. The first-order valence-electron chi connectivity index (χ1n) is 7.57. The third kappa shape index (κ3) is 2.59. The van der Waals surface area contributed by atoms with Crippen molar-refractivity contribution in [1.29, 1.82) is 0 Å². The molecule has 0 spiro atoms. The number of aromatic nitrogens is 4. The molecule has 3 aromatic rings. The van der Waals surface area contributed by atoms with E-state index in [9.17, 15) is 9.90 Å². The lowest BCUT2D eigenvalue weighted by atomic mass is 10.1. The summed E-state index contributed by atoms with van der Waals surface area (Å²) in [6, 6.07) is 2.04. The van der Waals surface area contributed by atoms with E-state index < -0.39 is 5.91 Å². The Labute approximate surface area is 132 Å². The molecule has 118 valence electrons. The van der Waals surface area contributed by atoms with E-state index in [1.807, 2.05) is 16.7 Å². The van der Waals surface area contributed by atoms with Gasteiger partial charge in [0.1, 0.15) is 5.65 Å². The Bertz CT molecular complexity index is 891. The van der Waals surface area contributed by atoms with Gasteiger partial charge in [0.2, 0.25) is 0 Å². The van der Waals surface area contributed by atoms with Crippen LogP contribution in [-0.4, -0.2) is 30.2 Å². The van der Waals surface area contributed by atoms with Crippen molar-refractivity contribution >= 4 is 11.6 Å². The van der Waals surface area contributed by atoms with Crippen LogP contribution in [0.3, 0.4) is 0 Å². The van der Waals surface area contributed by atoms with Gasteiger partial charge in [-0.3, -0.25) is 9.48 Å². The minimum atomic E-state index is -0.497. The quantitative estimate of drug-likeness (QED) is 0.735. The van der Waals surface area contributed by atoms with E-state index in [4.69, 9.17) is 5.73 Å². The number of amides is 1. The summed E-state index contributed by atoms with van der Waals surface area (Å²) in [7, 11) is 0. The van der Waals surface area contributed by atoms with Gasteiger partial charge in [-0.05, 0) is 30.4 Å². The van der Waals surface area contributed by atoms with Gasteiger partial charge in [0, 0.05) is 24.2 Å². The van der Waals surface area contributed by atoms with Crippen molar-refractivity contribution in [2.75, 3.05) is 0 Å². The molecule has 3 aromatic heterocycles. The second-order valence-electron chi connectivity index (χ2n) is 5.99. The van der Waals surface area contributed by atoms with Gasteiger partial charge in [-0.1, -0.05) is 0 Å². The standard InChI is InChI=1S/C16H17N5O2/c17-15(23)13-4-18-21(6-13)8-14-7-20-5-11(10-1-2-10)3-12(9-22)16(20)19-14/h3-7,10,22H,1-2,8-9H2,(H2,17,23). The predicted molar refractivity (Wildman–Crippen MR) is 82.9 cm³/mol. The Morgan fingerprint density at radius 3 is 2.83 bits per heavy atom. The van der Waals surface area contributed by atoms with Crippen molar-refractivity contribution in [3.05, 3.63) is 53.2 Å². The molecule has 3 N–H and O–H groups in total. The van der Waals surface area contributed by atoms with E-state index in [0.717, 1.165) is 16.9 Å². The number of nitrogens with zero attached hydrogens (tertiary/aromatic N) is 4. The molecule has 4 rings (SSSR count). The summed E-state index contributed by atoms with van der Waals surface area (Å²) in [4.78, 5) is 15.7. The fourth-order valence-corrected chi connectivity index (χ4v) is 2.82. The fraction of sp³-hybridized carbons (Fsp3) is 0.312. The maximum atomic E-state index is 11.1. The SMILES string of the molecule is NC(=O)c1cnn(Cc2cn3cc(C4CC4)cc(CO)c3n2)c1. The molecule has 23 heavy (non-hydrogen) atoms. The van der Waals surface area contributed by atoms with Gasteiger partial charge in [0.15, 0.2) is 0 Å². The van der Waals surface area contributed by atoms with E-state index in [2.05, 4.69) is 16.3 Å². The first-order chi connectivity index (χ1) is 11.1. The number of pyridine rings is 1. The number of rotatable bonds is 5. The molecule has 0 aliphatic heterocycles. The Morgan fingerprint density at radius 2 is 2.17 bits per heavy atom. The van der Waals surface area contributed by atoms with Crippen LogP contribution in [0.25, 0.3) is 5.65 Å². The summed E-state index contributed by atoms with van der Waals surface area (Å²) in [6.07, 6.45) is 9.49. The molecule has 0 unspecified atom stereocenters. The van der Waals surface area contributed by atoms with Crippen LogP contribution in [0.2, 0.25) is 0 Å². The highest BCUT2D eigenvalue weighted by atomic mass is 16.3. The molecule has 7 nitrogen and oxygen atoms in total. The number of fused-ring (bicyclic) bond motifs is 1.